The summed E-state index contributed by atoms with van der Waals surface area (Å²) in [6, 6.07) is 4.67. The van der Waals surface area contributed by atoms with Crippen molar-refractivity contribution in [3.05, 3.63) is 39.4 Å². The predicted molar refractivity (Wildman–Crippen MR) is 117 cm³/mol. The van der Waals surface area contributed by atoms with Crippen LogP contribution >= 0.6 is 20.0 Å². The van der Waals surface area contributed by atoms with E-state index in [1.165, 1.54) is 16.7 Å². The first-order valence-corrected chi connectivity index (χ1v) is 10.3. The van der Waals surface area contributed by atoms with E-state index in [1.807, 2.05) is 6.92 Å². The maximum Gasteiger partial charge on any atom is 0.195 e. The van der Waals surface area contributed by atoms with Crippen LogP contribution in [0.2, 0.25) is 0 Å². The van der Waals surface area contributed by atoms with Crippen molar-refractivity contribution in [2.45, 2.75) is 85.5 Å². The van der Waals surface area contributed by atoms with Gasteiger partial charge in [0.05, 0.1) is 12.8 Å². The molecular formula is C22H35ClNOP. The molecule has 0 fully saturated rings. The van der Waals surface area contributed by atoms with Crippen LogP contribution in [0.1, 0.15) is 85.9 Å². The molecule has 1 rings (SSSR count). The minimum atomic E-state index is -0.00170. The number of ether oxygens (including phenoxy) is 1. The highest BCUT2D eigenvalue weighted by molar-refractivity contribution is 7.32. The number of hydrogen-bond donors (Lipinski definition) is 0. The van der Waals surface area contributed by atoms with Crippen LogP contribution in [0, 0.1) is 0 Å². The Balaban J connectivity index is 3.83. The molecule has 0 aliphatic carbocycles. The number of halogens is 1. The van der Waals surface area contributed by atoms with Crippen LogP contribution in [0.5, 0.6) is 0 Å². The standard InChI is InChI=1S/C22H35ClNOP/c1-14(19(23)25-11)26-24-18-16(21(5,6)7)12-15(20(2,3)4)13-17(18)22(8,9)10/h12-13H,1-11H3/b19-14+. The highest BCUT2D eigenvalue weighted by Crippen LogP contribution is 2.44. The molecule has 0 N–H and O–H groups in total. The molecule has 1 aromatic carbocycles. The van der Waals surface area contributed by atoms with Crippen LogP contribution in [0.4, 0.5) is 5.69 Å². The summed E-state index contributed by atoms with van der Waals surface area (Å²) >= 11 is 6.12. The van der Waals surface area contributed by atoms with Crippen molar-refractivity contribution in [1.82, 2.24) is 0 Å². The number of allylic oxidation sites excluding steroid dienone is 1. The van der Waals surface area contributed by atoms with Crippen LogP contribution in [-0.2, 0) is 21.0 Å². The maximum atomic E-state index is 6.12. The summed E-state index contributed by atoms with van der Waals surface area (Å²) in [5, 5.41) is 1.32. The molecule has 0 saturated carbocycles. The van der Waals surface area contributed by atoms with Crippen molar-refractivity contribution >= 4 is 25.7 Å². The third-order valence-electron chi connectivity index (χ3n) is 4.36. The molecule has 0 saturated heterocycles. The number of methoxy groups -OCH3 is 1. The molecular weight excluding hydrogens is 361 g/mol. The molecule has 146 valence electrons. The van der Waals surface area contributed by atoms with Crippen LogP contribution in [-0.4, -0.2) is 7.11 Å². The smallest absolute Gasteiger partial charge is 0.195 e. The fraction of sp³-hybridized carbons (Fsp3) is 0.636. The van der Waals surface area contributed by atoms with E-state index in [9.17, 15) is 0 Å². The average molecular weight is 396 g/mol. The fourth-order valence-electron chi connectivity index (χ4n) is 2.63. The van der Waals surface area contributed by atoms with Crippen molar-refractivity contribution in [2.75, 3.05) is 7.11 Å². The lowest BCUT2D eigenvalue weighted by Gasteiger charge is -2.32. The lowest BCUT2D eigenvalue weighted by Crippen LogP contribution is -2.21. The van der Waals surface area contributed by atoms with Gasteiger partial charge in [0.2, 0.25) is 0 Å². The molecule has 0 aliphatic rings. The summed E-state index contributed by atoms with van der Waals surface area (Å²) in [7, 11) is 2.40. The number of nitrogens with zero attached hydrogens (tertiary/aromatic N) is 1. The van der Waals surface area contributed by atoms with E-state index in [2.05, 4.69) is 74.4 Å². The van der Waals surface area contributed by atoms with E-state index in [-0.39, 0.29) is 16.2 Å². The highest BCUT2D eigenvalue weighted by atomic mass is 35.5. The first-order chi connectivity index (χ1) is 11.6. The summed E-state index contributed by atoms with van der Waals surface area (Å²) in [6.07, 6.45) is 0. The Kier molecular flexibility index (Phi) is 7.16. The second kappa shape index (κ2) is 8.03. The molecule has 0 aromatic heterocycles. The number of benzene rings is 1. The summed E-state index contributed by atoms with van der Waals surface area (Å²) in [5.41, 5.74) is 5.08. The summed E-state index contributed by atoms with van der Waals surface area (Å²) in [6.45, 7) is 22.3. The van der Waals surface area contributed by atoms with Gasteiger partial charge in [-0.3, -0.25) is 0 Å². The number of rotatable bonds is 3. The predicted octanol–water partition coefficient (Wildman–Crippen LogP) is 8.41. The van der Waals surface area contributed by atoms with E-state index < -0.39 is 0 Å². The van der Waals surface area contributed by atoms with Gasteiger partial charge in [-0.2, -0.15) is 0 Å². The maximum absolute atomic E-state index is 6.12. The van der Waals surface area contributed by atoms with Gasteiger partial charge in [-0.15, -0.1) is 0 Å². The molecule has 0 unspecified atom stereocenters. The van der Waals surface area contributed by atoms with Crippen LogP contribution < -0.4 is 0 Å². The molecule has 0 amide bonds. The Morgan fingerprint density at radius 2 is 1.31 bits per heavy atom. The van der Waals surface area contributed by atoms with Crippen molar-refractivity contribution in [3.63, 3.8) is 0 Å². The molecule has 0 aliphatic heterocycles. The Bertz CT molecular complexity index is 678. The van der Waals surface area contributed by atoms with Gasteiger partial charge < -0.3 is 4.74 Å². The van der Waals surface area contributed by atoms with Gasteiger partial charge in [-0.1, -0.05) is 74.4 Å². The Morgan fingerprint density at radius 1 is 0.885 bits per heavy atom. The molecule has 0 spiro atoms. The van der Waals surface area contributed by atoms with Gasteiger partial charge in [0.1, 0.15) is 0 Å². The molecule has 0 bridgehead atoms. The third kappa shape index (κ3) is 5.83. The van der Waals surface area contributed by atoms with Crippen molar-refractivity contribution in [3.8, 4) is 0 Å². The Hall–Kier alpha value is -0.850. The van der Waals surface area contributed by atoms with Crippen LogP contribution in [0.25, 0.3) is 0 Å². The average Bonchev–Trinajstić information content (AvgIpc) is 2.48. The normalized spacial score (nSPS) is 14.6. The van der Waals surface area contributed by atoms with E-state index in [1.54, 1.807) is 7.11 Å². The van der Waals surface area contributed by atoms with Gasteiger partial charge in [-0.05, 0) is 51.5 Å². The molecule has 1 aromatic rings. The minimum absolute atomic E-state index is 0.00170. The van der Waals surface area contributed by atoms with Gasteiger partial charge in [-0.25, -0.2) is 4.74 Å². The van der Waals surface area contributed by atoms with Gasteiger partial charge in [0, 0.05) is 13.7 Å². The van der Waals surface area contributed by atoms with Gasteiger partial charge >= 0.3 is 0 Å². The van der Waals surface area contributed by atoms with Crippen molar-refractivity contribution < 1.29 is 4.74 Å². The van der Waals surface area contributed by atoms with Crippen LogP contribution in [0.15, 0.2) is 27.4 Å². The third-order valence-corrected chi connectivity index (χ3v) is 5.73. The van der Waals surface area contributed by atoms with Crippen molar-refractivity contribution in [1.29, 1.82) is 0 Å². The van der Waals surface area contributed by atoms with Gasteiger partial charge in [0.15, 0.2) is 5.22 Å². The monoisotopic (exact) mass is 395 g/mol. The first-order valence-electron chi connectivity index (χ1n) is 9.10. The Morgan fingerprint density at radius 3 is 1.62 bits per heavy atom. The Labute approximate surface area is 167 Å². The molecule has 0 radical (unpaired) electrons. The van der Waals surface area contributed by atoms with E-state index in [0.717, 1.165) is 19.4 Å². The highest BCUT2D eigenvalue weighted by Gasteiger charge is 2.29. The zero-order valence-corrected chi connectivity index (χ0v) is 20.0. The lowest BCUT2D eigenvalue weighted by atomic mass is 9.74. The molecule has 0 heterocycles. The molecule has 0 atom stereocenters. The lowest BCUT2D eigenvalue weighted by molar-refractivity contribution is 0.320. The second-order valence-electron chi connectivity index (χ2n) is 9.93. The van der Waals surface area contributed by atoms with Gasteiger partial charge in [0.25, 0.3) is 0 Å². The molecule has 2 nitrogen and oxygen atoms in total. The van der Waals surface area contributed by atoms with E-state index in [0.29, 0.717) is 5.22 Å². The van der Waals surface area contributed by atoms with Crippen LogP contribution in [0.3, 0.4) is 0 Å². The SMILES string of the molecule is CO/C(Cl)=C(\C)P=Nc1c(C(C)(C)C)cc(C(C)(C)C)cc1C(C)(C)C. The fourth-order valence-corrected chi connectivity index (χ4v) is 3.38. The second-order valence-corrected chi connectivity index (χ2v) is 11.3. The molecule has 26 heavy (non-hydrogen) atoms. The van der Waals surface area contributed by atoms with E-state index >= 15 is 0 Å². The summed E-state index contributed by atoms with van der Waals surface area (Å²) < 4.78 is 10.1. The summed E-state index contributed by atoms with van der Waals surface area (Å²) in [4.78, 5) is 0. The molecule has 4 heteroatoms. The summed E-state index contributed by atoms with van der Waals surface area (Å²) in [5.74, 6) is 0. The zero-order chi connectivity index (χ0) is 20.5. The largest absolute Gasteiger partial charge is 0.486 e. The number of hydrogen-bond acceptors (Lipinski definition) is 2. The quantitative estimate of drug-likeness (QED) is 0.371. The van der Waals surface area contributed by atoms with Crippen molar-refractivity contribution in [2.24, 2.45) is 4.74 Å². The zero-order valence-electron chi connectivity index (χ0n) is 18.3. The topological polar surface area (TPSA) is 21.6 Å². The first kappa shape index (κ1) is 23.2. The minimum Gasteiger partial charge on any atom is -0.486 e. The van der Waals surface area contributed by atoms with E-state index in [4.69, 9.17) is 21.1 Å².